The molecule has 8 nitrogen and oxygen atoms in total. The van der Waals surface area contributed by atoms with E-state index >= 15 is 0 Å². The molecule has 0 amide bonds. The number of carboxylic acid groups (broad SMARTS) is 1. The predicted molar refractivity (Wildman–Crippen MR) is 116 cm³/mol. The number of aromatic amines is 1. The monoisotopic (exact) mass is 408 g/mol. The minimum atomic E-state index is -1.03. The first-order chi connectivity index (χ1) is 14.3. The van der Waals surface area contributed by atoms with Gasteiger partial charge in [-0.2, -0.15) is 0 Å². The molecule has 1 aromatic heterocycles. The van der Waals surface area contributed by atoms with Crippen molar-refractivity contribution in [1.82, 2.24) is 9.78 Å². The maximum Gasteiger partial charge on any atom is 0.335 e. The van der Waals surface area contributed by atoms with Crippen molar-refractivity contribution in [3.63, 3.8) is 0 Å². The number of aryl methyl sites for hydroxylation is 1. The summed E-state index contributed by atoms with van der Waals surface area (Å²) in [6.45, 7) is 1.82. The number of H-pyrrole nitrogens is 1. The third-order valence-electron chi connectivity index (χ3n) is 4.71. The van der Waals surface area contributed by atoms with Crippen LogP contribution < -0.4 is 10.5 Å². The van der Waals surface area contributed by atoms with Gasteiger partial charge in [0.15, 0.2) is 0 Å². The number of aromatic carboxylic acids is 1. The fourth-order valence-electron chi connectivity index (χ4n) is 3.15. The van der Waals surface area contributed by atoms with Crippen molar-refractivity contribution in [2.75, 3.05) is 32.1 Å². The second-order valence-electron chi connectivity index (χ2n) is 7.00. The second-order valence-corrected chi connectivity index (χ2v) is 7.00. The number of rotatable bonds is 7. The molecule has 0 spiro atoms. The van der Waals surface area contributed by atoms with E-state index in [-0.39, 0.29) is 24.3 Å². The summed E-state index contributed by atoms with van der Waals surface area (Å²) in [5, 5.41) is 21.4. The van der Waals surface area contributed by atoms with Crippen LogP contribution in [0.5, 0.6) is 0 Å². The molecular formula is C22H24N4O4. The molecule has 0 aliphatic heterocycles. The molecule has 3 N–H and O–H groups in total. The molecular weight excluding hydrogens is 384 g/mol. The van der Waals surface area contributed by atoms with Crippen molar-refractivity contribution in [3.05, 3.63) is 81.3 Å². The highest BCUT2D eigenvalue weighted by molar-refractivity contribution is 6.13. The summed E-state index contributed by atoms with van der Waals surface area (Å²) in [6, 6.07) is 13.7. The van der Waals surface area contributed by atoms with Gasteiger partial charge in [0.2, 0.25) is 0 Å². The van der Waals surface area contributed by atoms with Gasteiger partial charge in [-0.3, -0.25) is 14.9 Å². The minimum absolute atomic E-state index is 0.131. The Morgan fingerprint density at radius 1 is 1.07 bits per heavy atom. The van der Waals surface area contributed by atoms with Gasteiger partial charge in [-0.1, -0.05) is 12.1 Å². The number of hydrogen-bond acceptors (Lipinski definition) is 5. The number of hydrogen-bond donors (Lipinski definition) is 3. The number of nitrogens with zero attached hydrogens (tertiary/aromatic N) is 3. The highest BCUT2D eigenvalue weighted by Gasteiger charge is 2.19. The van der Waals surface area contributed by atoms with E-state index < -0.39 is 5.97 Å². The van der Waals surface area contributed by atoms with E-state index in [0.29, 0.717) is 22.7 Å². The number of benzene rings is 2. The largest absolute Gasteiger partial charge is 0.478 e. The molecule has 0 unspecified atom stereocenters. The van der Waals surface area contributed by atoms with Crippen molar-refractivity contribution < 1.29 is 15.0 Å². The lowest BCUT2D eigenvalue weighted by Crippen LogP contribution is -2.22. The van der Waals surface area contributed by atoms with Crippen LogP contribution in [0.4, 0.5) is 5.69 Å². The molecule has 1 heterocycles. The Kier molecular flexibility index (Phi) is 6.17. The predicted octanol–water partition coefficient (Wildman–Crippen LogP) is 2.07. The Balaban J connectivity index is 2.09. The number of aromatic nitrogens is 2. The summed E-state index contributed by atoms with van der Waals surface area (Å²) >= 11 is 0. The molecule has 0 aliphatic rings. The third-order valence-corrected chi connectivity index (χ3v) is 4.71. The van der Waals surface area contributed by atoms with Crippen molar-refractivity contribution in [3.8, 4) is 5.69 Å². The normalized spacial score (nSPS) is 11.5. The molecule has 0 saturated heterocycles. The van der Waals surface area contributed by atoms with Gasteiger partial charge in [0.1, 0.15) is 0 Å². The maximum absolute atomic E-state index is 13.2. The average molecular weight is 408 g/mol. The molecule has 30 heavy (non-hydrogen) atoms. The van der Waals surface area contributed by atoms with Gasteiger partial charge >= 0.3 is 5.97 Å². The van der Waals surface area contributed by atoms with Crippen LogP contribution in [0.3, 0.4) is 0 Å². The summed E-state index contributed by atoms with van der Waals surface area (Å²) in [5.41, 5.74) is 3.66. The standard InChI is InChI=1S/C22H24N4O4/c1-14-19(20(23-12-13-27)15-4-8-17(9-5-15)25(2)3)21(28)26(24-14)18-10-6-16(7-11-18)22(29)30/h4-11,24,27H,12-13H2,1-3H3,(H,29,30). The maximum atomic E-state index is 13.2. The molecule has 0 atom stereocenters. The van der Waals surface area contributed by atoms with E-state index in [2.05, 4.69) is 10.1 Å². The second kappa shape index (κ2) is 8.79. The van der Waals surface area contributed by atoms with Gasteiger partial charge in [-0.25, -0.2) is 9.48 Å². The molecule has 0 radical (unpaired) electrons. The first kappa shape index (κ1) is 21.1. The van der Waals surface area contributed by atoms with Gasteiger partial charge in [-0.15, -0.1) is 0 Å². The van der Waals surface area contributed by atoms with Gasteiger partial charge in [0.05, 0.1) is 35.7 Å². The fraction of sp³-hybridized carbons (Fsp3) is 0.227. The van der Waals surface area contributed by atoms with Crippen LogP contribution in [0.1, 0.15) is 27.2 Å². The van der Waals surface area contributed by atoms with E-state index in [1.807, 2.05) is 43.3 Å². The zero-order chi connectivity index (χ0) is 21.8. The average Bonchev–Trinajstić information content (AvgIpc) is 3.03. The summed E-state index contributed by atoms with van der Waals surface area (Å²) in [6.07, 6.45) is 0. The van der Waals surface area contributed by atoms with Crippen LogP contribution in [0.25, 0.3) is 5.69 Å². The Hall–Kier alpha value is -3.65. The van der Waals surface area contributed by atoms with E-state index in [1.165, 1.54) is 16.8 Å². The fourth-order valence-corrected chi connectivity index (χ4v) is 3.15. The molecule has 8 heteroatoms. The Morgan fingerprint density at radius 2 is 1.67 bits per heavy atom. The molecule has 0 aliphatic carbocycles. The van der Waals surface area contributed by atoms with Crippen LogP contribution in [0.2, 0.25) is 0 Å². The highest BCUT2D eigenvalue weighted by Crippen LogP contribution is 2.17. The molecule has 3 aromatic rings. The summed E-state index contributed by atoms with van der Waals surface area (Å²) in [5.74, 6) is -1.03. The third kappa shape index (κ3) is 4.18. The molecule has 156 valence electrons. The summed E-state index contributed by atoms with van der Waals surface area (Å²) < 4.78 is 1.36. The van der Waals surface area contributed by atoms with Crippen molar-refractivity contribution >= 4 is 17.4 Å². The lowest BCUT2D eigenvalue weighted by atomic mass is 10.0. The minimum Gasteiger partial charge on any atom is -0.478 e. The van der Waals surface area contributed by atoms with Crippen LogP contribution >= 0.6 is 0 Å². The van der Waals surface area contributed by atoms with Crippen LogP contribution in [0.15, 0.2) is 58.3 Å². The quantitative estimate of drug-likeness (QED) is 0.518. The van der Waals surface area contributed by atoms with E-state index in [1.54, 1.807) is 19.1 Å². The topological polar surface area (TPSA) is 111 Å². The first-order valence-corrected chi connectivity index (χ1v) is 9.42. The molecule has 0 saturated carbocycles. The Bertz CT molecular complexity index is 1120. The van der Waals surface area contributed by atoms with Crippen LogP contribution in [0, 0.1) is 6.92 Å². The van der Waals surface area contributed by atoms with Gasteiger partial charge in [-0.05, 0) is 43.3 Å². The van der Waals surface area contributed by atoms with Gasteiger partial charge in [0.25, 0.3) is 5.56 Å². The van der Waals surface area contributed by atoms with Gasteiger partial charge in [0, 0.05) is 31.0 Å². The summed E-state index contributed by atoms with van der Waals surface area (Å²) in [7, 11) is 3.89. The lowest BCUT2D eigenvalue weighted by Gasteiger charge is -2.13. The first-order valence-electron chi connectivity index (χ1n) is 9.42. The zero-order valence-electron chi connectivity index (χ0n) is 17.1. The van der Waals surface area contributed by atoms with Crippen LogP contribution in [-0.4, -0.2) is 58.9 Å². The number of carboxylic acids is 1. The highest BCUT2D eigenvalue weighted by atomic mass is 16.4. The molecule has 0 fully saturated rings. The number of aliphatic hydroxyl groups excluding tert-OH is 1. The smallest absolute Gasteiger partial charge is 0.335 e. The number of carbonyl (C=O) groups is 1. The number of aliphatic hydroxyl groups is 1. The molecule has 3 rings (SSSR count). The molecule has 0 bridgehead atoms. The van der Waals surface area contributed by atoms with Crippen molar-refractivity contribution in [2.45, 2.75) is 6.92 Å². The van der Waals surface area contributed by atoms with Gasteiger partial charge < -0.3 is 15.1 Å². The SMILES string of the molecule is Cc1[nH]n(-c2ccc(C(=O)O)cc2)c(=O)c1C(=NCCO)c1ccc(N(C)C)cc1. The van der Waals surface area contributed by atoms with E-state index in [4.69, 9.17) is 5.11 Å². The lowest BCUT2D eigenvalue weighted by molar-refractivity contribution is 0.0697. The van der Waals surface area contributed by atoms with Crippen LogP contribution in [-0.2, 0) is 0 Å². The summed E-state index contributed by atoms with van der Waals surface area (Å²) in [4.78, 5) is 30.7. The number of anilines is 1. The number of nitrogens with one attached hydrogen (secondary N) is 1. The Labute approximate surface area is 173 Å². The van der Waals surface area contributed by atoms with E-state index in [0.717, 1.165) is 11.3 Å². The zero-order valence-corrected chi connectivity index (χ0v) is 17.1. The molecule has 2 aromatic carbocycles. The Morgan fingerprint density at radius 3 is 2.20 bits per heavy atom. The van der Waals surface area contributed by atoms with Crippen molar-refractivity contribution in [2.24, 2.45) is 4.99 Å². The number of aliphatic imine (C=N–C) groups is 1. The van der Waals surface area contributed by atoms with Crippen molar-refractivity contribution in [1.29, 1.82) is 0 Å². The van der Waals surface area contributed by atoms with E-state index in [9.17, 15) is 14.7 Å².